The summed E-state index contributed by atoms with van der Waals surface area (Å²) in [5, 5.41) is 10.3. The predicted molar refractivity (Wildman–Crippen MR) is 89.2 cm³/mol. The molecule has 0 amide bonds. The summed E-state index contributed by atoms with van der Waals surface area (Å²) >= 11 is 0. The van der Waals surface area contributed by atoms with Crippen LogP contribution in [0, 0.1) is 6.92 Å². The average molecular weight is 393 g/mol. The van der Waals surface area contributed by atoms with E-state index in [9.17, 15) is 27.9 Å². The number of aryl methyl sites for hydroxylation is 1. The summed E-state index contributed by atoms with van der Waals surface area (Å²) in [5.74, 6) is -4.17. The summed E-state index contributed by atoms with van der Waals surface area (Å²) in [6.07, 6.45) is -5.00. The van der Waals surface area contributed by atoms with Gasteiger partial charge < -0.3 is 23.8 Å². The standard InChI is InChI=1S/C19H13F3O6/c1-10-2-4-11(5-3-10)27-17-16(25)13-7-6-12(26-9-15(23)24)8-14(13)28-18(17)19(20,21)22/h2-8H,9H2,1H3,(H,23,24)/p-1. The number of halogens is 3. The number of carbonyl (C=O) groups excluding carboxylic acids is 1. The van der Waals surface area contributed by atoms with Gasteiger partial charge in [-0.3, -0.25) is 4.79 Å². The SMILES string of the molecule is Cc1ccc(Oc2c(C(F)(F)F)oc3cc(OCC(=O)[O-])ccc3c2=O)cc1. The maximum absolute atomic E-state index is 13.4. The summed E-state index contributed by atoms with van der Waals surface area (Å²) in [7, 11) is 0. The number of aliphatic carboxylic acids is 1. The van der Waals surface area contributed by atoms with E-state index < -0.39 is 41.3 Å². The van der Waals surface area contributed by atoms with Crippen LogP contribution in [0.15, 0.2) is 51.7 Å². The Bertz CT molecular complexity index is 1080. The summed E-state index contributed by atoms with van der Waals surface area (Å²) in [6.45, 7) is 0.978. The van der Waals surface area contributed by atoms with E-state index >= 15 is 0 Å². The van der Waals surface area contributed by atoms with E-state index in [4.69, 9.17) is 13.9 Å². The van der Waals surface area contributed by atoms with Crippen LogP contribution in [0.25, 0.3) is 11.0 Å². The lowest BCUT2D eigenvalue weighted by Gasteiger charge is -2.14. The molecule has 0 N–H and O–H groups in total. The fourth-order valence-corrected chi connectivity index (χ4v) is 2.39. The zero-order valence-electron chi connectivity index (χ0n) is 14.3. The third-order valence-electron chi connectivity index (χ3n) is 3.68. The molecule has 0 unspecified atom stereocenters. The van der Waals surface area contributed by atoms with Gasteiger partial charge >= 0.3 is 6.18 Å². The van der Waals surface area contributed by atoms with Crippen LogP contribution in [0.2, 0.25) is 0 Å². The molecule has 1 aromatic heterocycles. The first-order chi connectivity index (χ1) is 13.1. The molecule has 6 nitrogen and oxygen atoms in total. The molecule has 0 aliphatic carbocycles. The first kappa shape index (κ1) is 19.3. The largest absolute Gasteiger partial charge is 0.546 e. The summed E-state index contributed by atoms with van der Waals surface area (Å²) < 4.78 is 55.3. The van der Waals surface area contributed by atoms with Gasteiger partial charge in [0.15, 0.2) is 0 Å². The van der Waals surface area contributed by atoms with Crippen LogP contribution in [0.3, 0.4) is 0 Å². The second kappa shape index (κ2) is 7.26. The molecule has 3 rings (SSSR count). The smallest absolute Gasteiger partial charge is 0.453 e. The van der Waals surface area contributed by atoms with Crippen molar-refractivity contribution in [1.29, 1.82) is 0 Å². The fraction of sp³-hybridized carbons (Fsp3) is 0.158. The maximum atomic E-state index is 13.4. The Morgan fingerprint density at radius 1 is 1.11 bits per heavy atom. The van der Waals surface area contributed by atoms with E-state index in [0.29, 0.717) is 0 Å². The van der Waals surface area contributed by atoms with Crippen LogP contribution < -0.4 is 20.0 Å². The van der Waals surface area contributed by atoms with E-state index in [0.717, 1.165) is 17.7 Å². The molecule has 1 heterocycles. The quantitative estimate of drug-likeness (QED) is 0.662. The van der Waals surface area contributed by atoms with Crippen LogP contribution >= 0.6 is 0 Å². The molecule has 0 radical (unpaired) electrons. The third-order valence-corrected chi connectivity index (χ3v) is 3.68. The van der Waals surface area contributed by atoms with E-state index in [2.05, 4.69) is 0 Å². The molecule has 0 aliphatic heterocycles. The minimum absolute atomic E-state index is 0.0386. The molecule has 9 heteroatoms. The summed E-state index contributed by atoms with van der Waals surface area (Å²) in [4.78, 5) is 23.1. The van der Waals surface area contributed by atoms with Crippen molar-refractivity contribution < 1.29 is 37.0 Å². The summed E-state index contributed by atoms with van der Waals surface area (Å²) in [6, 6.07) is 9.47. The van der Waals surface area contributed by atoms with Crippen molar-refractivity contribution in [2.45, 2.75) is 13.1 Å². The molecule has 0 saturated carbocycles. The molecule has 0 atom stereocenters. The van der Waals surface area contributed by atoms with Gasteiger partial charge in [-0.1, -0.05) is 17.7 Å². The molecule has 3 aromatic rings. The number of rotatable bonds is 5. The van der Waals surface area contributed by atoms with Gasteiger partial charge in [0.1, 0.15) is 23.7 Å². The zero-order chi connectivity index (χ0) is 20.5. The van der Waals surface area contributed by atoms with Crippen molar-refractivity contribution in [3.05, 3.63) is 64.0 Å². The van der Waals surface area contributed by atoms with Gasteiger partial charge in [-0.05, 0) is 31.2 Å². The van der Waals surface area contributed by atoms with Crippen molar-refractivity contribution in [3.8, 4) is 17.2 Å². The van der Waals surface area contributed by atoms with Crippen LogP contribution in [0.1, 0.15) is 11.3 Å². The number of ether oxygens (including phenoxy) is 2. The molecule has 0 spiro atoms. The van der Waals surface area contributed by atoms with Gasteiger partial charge in [-0.25, -0.2) is 0 Å². The molecule has 0 aliphatic rings. The van der Waals surface area contributed by atoms with E-state index in [-0.39, 0.29) is 16.9 Å². The molecular formula is C19H12F3O6-. The molecule has 2 aromatic carbocycles. The molecular weight excluding hydrogens is 381 g/mol. The van der Waals surface area contributed by atoms with E-state index in [1.807, 2.05) is 0 Å². The van der Waals surface area contributed by atoms with Crippen molar-refractivity contribution in [2.75, 3.05) is 6.61 Å². The Labute approximate surface area is 155 Å². The van der Waals surface area contributed by atoms with Gasteiger partial charge in [0.2, 0.25) is 11.2 Å². The minimum Gasteiger partial charge on any atom is -0.546 e. The normalized spacial score (nSPS) is 11.4. The van der Waals surface area contributed by atoms with Gasteiger partial charge in [0.25, 0.3) is 5.76 Å². The van der Waals surface area contributed by atoms with E-state index in [1.54, 1.807) is 19.1 Å². The van der Waals surface area contributed by atoms with Crippen molar-refractivity contribution in [2.24, 2.45) is 0 Å². The number of hydrogen-bond donors (Lipinski definition) is 0. The predicted octanol–water partition coefficient (Wildman–Crippen LogP) is 3.04. The third kappa shape index (κ3) is 4.08. The maximum Gasteiger partial charge on any atom is 0.453 e. The monoisotopic (exact) mass is 393 g/mol. The lowest BCUT2D eigenvalue weighted by Crippen LogP contribution is -2.28. The second-order valence-corrected chi connectivity index (χ2v) is 5.82. The number of alkyl halides is 3. The van der Waals surface area contributed by atoms with Crippen molar-refractivity contribution in [3.63, 3.8) is 0 Å². The first-order valence-electron chi connectivity index (χ1n) is 7.90. The molecule has 0 bridgehead atoms. The fourth-order valence-electron chi connectivity index (χ4n) is 2.39. The van der Waals surface area contributed by atoms with Gasteiger partial charge in [-0.15, -0.1) is 0 Å². The average Bonchev–Trinajstić information content (AvgIpc) is 2.62. The minimum atomic E-state index is -5.00. The van der Waals surface area contributed by atoms with Crippen molar-refractivity contribution >= 4 is 16.9 Å². The van der Waals surface area contributed by atoms with Crippen LogP contribution in [-0.4, -0.2) is 12.6 Å². The molecule has 28 heavy (non-hydrogen) atoms. The molecule has 146 valence electrons. The Kier molecular flexibility index (Phi) is 5.00. The lowest BCUT2D eigenvalue weighted by molar-refractivity contribution is -0.307. The van der Waals surface area contributed by atoms with E-state index in [1.165, 1.54) is 18.2 Å². The zero-order valence-corrected chi connectivity index (χ0v) is 14.3. The highest BCUT2D eigenvalue weighted by Gasteiger charge is 2.40. The second-order valence-electron chi connectivity index (χ2n) is 5.82. The van der Waals surface area contributed by atoms with Gasteiger partial charge in [0.05, 0.1) is 11.4 Å². The highest BCUT2D eigenvalue weighted by Crippen LogP contribution is 2.38. The topological polar surface area (TPSA) is 88.8 Å². The highest BCUT2D eigenvalue weighted by molar-refractivity contribution is 5.80. The summed E-state index contributed by atoms with van der Waals surface area (Å²) in [5.41, 5.74) is -0.594. The molecule has 0 saturated heterocycles. The Balaban J connectivity index is 2.12. The van der Waals surface area contributed by atoms with Crippen LogP contribution in [0.5, 0.6) is 17.2 Å². The van der Waals surface area contributed by atoms with Gasteiger partial charge in [-0.2, -0.15) is 13.2 Å². The number of carboxylic acid groups (broad SMARTS) is 1. The Hall–Kier alpha value is -3.49. The Morgan fingerprint density at radius 2 is 1.75 bits per heavy atom. The number of carbonyl (C=O) groups is 1. The molecule has 0 fully saturated rings. The number of fused-ring (bicyclic) bond motifs is 1. The lowest BCUT2D eigenvalue weighted by atomic mass is 10.2. The highest BCUT2D eigenvalue weighted by atomic mass is 19.4. The Morgan fingerprint density at radius 3 is 2.36 bits per heavy atom. The number of hydrogen-bond acceptors (Lipinski definition) is 6. The number of benzene rings is 2. The van der Waals surface area contributed by atoms with Crippen molar-refractivity contribution in [1.82, 2.24) is 0 Å². The van der Waals surface area contributed by atoms with Crippen LogP contribution in [0.4, 0.5) is 13.2 Å². The first-order valence-corrected chi connectivity index (χ1v) is 7.90. The number of carboxylic acids is 1. The van der Waals surface area contributed by atoms with Crippen LogP contribution in [-0.2, 0) is 11.0 Å². The van der Waals surface area contributed by atoms with Gasteiger partial charge in [0, 0.05) is 6.07 Å².